The Kier molecular flexibility index (Phi) is 4.24. The summed E-state index contributed by atoms with van der Waals surface area (Å²) in [5, 5.41) is 9.36. The van der Waals surface area contributed by atoms with Gasteiger partial charge < -0.3 is 14.6 Å². The third-order valence-corrected chi connectivity index (χ3v) is 4.11. The van der Waals surface area contributed by atoms with Crippen molar-refractivity contribution < 1.29 is 9.53 Å². The fourth-order valence-corrected chi connectivity index (χ4v) is 3.07. The van der Waals surface area contributed by atoms with Gasteiger partial charge in [-0.05, 0) is 32.8 Å². The van der Waals surface area contributed by atoms with Crippen molar-refractivity contribution in [2.24, 2.45) is 0 Å². The molecule has 1 atom stereocenters. The Balaban J connectivity index is 1.74. The first kappa shape index (κ1) is 14.8. The number of ether oxygens (including phenoxy) is 1. The fraction of sp³-hybridized carbons (Fsp3) is 0.533. The molecule has 1 unspecified atom stereocenters. The summed E-state index contributed by atoms with van der Waals surface area (Å²) >= 11 is 0. The number of amides is 1. The average molecular weight is 303 g/mol. The number of H-pyrrole nitrogens is 1. The van der Waals surface area contributed by atoms with Crippen molar-refractivity contribution in [2.45, 2.75) is 39.3 Å². The highest BCUT2D eigenvalue weighted by molar-refractivity contribution is 5.95. The molecule has 0 aliphatic carbocycles. The lowest BCUT2D eigenvalue weighted by Gasteiger charge is -2.26. The predicted octanol–water partition coefficient (Wildman–Crippen LogP) is 1.50. The van der Waals surface area contributed by atoms with Gasteiger partial charge in [0.05, 0.1) is 24.8 Å². The third-order valence-electron chi connectivity index (χ3n) is 4.11. The molecule has 1 saturated heterocycles. The molecule has 3 rings (SSSR count). The quantitative estimate of drug-likeness (QED) is 0.896. The smallest absolute Gasteiger partial charge is 0.253 e. The number of hydrogen-bond acceptors (Lipinski definition) is 4. The van der Waals surface area contributed by atoms with Crippen LogP contribution in [0.15, 0.2) is 12.4 Å². The number of carbonyl (C=O) groups is 1. The van der Waals surface area contributed by atoms with Gasteiger partial charge in [0.1, 0.15) is 12.2 Å². The first-order valence-electron chi connectivity index (χ1n) is 7.55. The van der Waals surface area contributed by atoms with Crippen molar-refractivity contribution >= 4 is 5.91 Å². The zero-order valence-electron chi connectivity index (χ0n) is 12.9. The van der Waals surface area contributed by atoms with Crippen LogP contribution >= 0.6 is 0 Å². The van der Waals surface area contributed by atoms with Crippen LogP contribution in [-0.2, 0) is 11.3 Å². The molecule has 2 aromatic rings. The van der Waals surface area contributed by atoms with Crippen LogP contribution in [0, 0.1) is 13.8 Å². The number of aromatic nitrogens is 4. The number of hydrogen-bond donors (Lipinski definition) is 2. The number of aromatic amines is 1. The van der Waals surface area contributed by atoms with E-state index in [0.717, 1.165) is 37.4 Å². The van der Waals surface area contributed by atoms with E-state index in [1.54, 1.807) is 0 Å². The molecular formula is C15H21N5O2. The minimum Gasteiger partial charge on any atom is -0.379 e. The van der Waals surface area contributed by atoms with Crippen LogP contribution in [0.4, 0.5) is 0 Å². The summed E-state index contributed by atoms with van der Waals surface area (Å²) in [5.41, 5.74) is 2.79. The van der Waals surface area contributed by atoms with Crippen LogP contribution < -0.4 is 5.32 Å². The summed E-state index contributed by atoms with van der Waals surface area (Å²) in [6.07, 6.45) is 3.58. The van der Waals surface area contributed by atoms with E-state index in [9.17, 15) is 4.79 Å². The molecule has 0 saturated carbocycles. The molecule has 7 heteroatoms. The Hall–Kier alpha value is -2.15. The molecule has 3 heterocycles. The zero-order chi connectivity index (χ0) is 15.5. The average Bonchev–Trinajstić information content (AvgIpc) is 3.14. The largest absolute Gasteiger partial charge is 0.379 e. The van der Waals surface area contributed by atoms with Crippen LogP contribution in [-0.4, -0.2) is 38.9 Å². The Bertz CT molecular complexity index is 641. The maximum Gasteiger partial charge on any atom is 0.253 e. The molecule has 0 aromatic carbocycles. The maximum absolute atomic E-state index is 12.4. The van der Waals surface area contributed by atoms with Crippen LogP contribution in [0.3, 0.4) is 0 Å². The lowest BCUT2D eigenvalue weighted by atomic mass is 10.1. The SMILES string of the molecule is Cc1cc(C(=O)NCc2ncn[nH]2)c(C)n1C1CCCOC1. The molecule has 1 aliphatic rings. The molecule has 2 N–H and O–H groups in total. The van der Waals surface area contributed by atoms with Crippen LogP contribution in [0.1, 0.15) is 46.5 Å². The highest BCUT2D eigenvalue weighted by Crippen LogP contribution is 2.26. The highest BCUT2D eigenvalue weighted by Gasteiger charge is 2.22. The van der Waals surface area contributed by atoms with Crippen molar-refractivity contribution in [3.8, 4) is 0 Å². The second-order valence-electron chi connectivity index (χ2n) is 5.64. The van der Waals surface area contributed by atoms with E-state index in [1.165, 1.54) is 6.33 Å². The molecule has 2 aromatic heterocycles. The van der Waals surface area contributed by atoms with Crippen molar-refractivity contribution in [1.29, 1.82) is 0 Å². The number of rotatable bonds is 4. The minimum atomic E-state index is -0.0903. The van der Waals surface area contributed by atoms with Gasteiger partial charge in [-0.15, -0.1) is 0 Å². The van der Waals surface area contributed by atoms with Crippen LogP contribution in [0.5, 0.6) is 0 Å². The molecule has 1 fully saturated rings. The monoisotopic (exact) mass is 303 g/mol. The third kappa shape index (κ3) is 2.89. The van der Waals surface area contributed by atoms with E-state index in [4.69, 9.17) is 4.74 Å². The summed E-state index contributed by atoms with van der Waals surface area (Å²) in [5.74, 6) is 0.551. The standard InChI is InChI=1S/C15H21N5O2/c1-10-6-13(15(21)16-7-14-17-9-18-19-14)11(2)20(10)12-4-3-5-22-8-12/h6,9,12H,3-5,7-8H2,1-2H3,(H,16,21)(H,17,18,19). The van der Waals surface area contributed by atoms with E-state index in [0.29, 0.717) is 24.0 Å². The van der Waals surface area contributed by atoms with Crippen molar-refractivity contribution in [3.05, 3.63) is 35.2 Å². The predicted molar refractivity (Wildman–Crippen MR) is 80.5 cm³/mol. The Morgan fingerprint density at radius 1 is 1.55 bits per heavy atom. The van der Waals surface area contributed by atoms with Gasteiger partial charge in [-0.2, -0.15) is 5.10 Å². The summed E-state index contributed by atoms with van der Waals surface area (Å²) in [6, 6.07) is 2.27. The first-order valence-corrected chi connectivity index (χ1v) is 7.55. The lowest BCUT2D eigenvalue weighted by Crippen LogP contribution is -2.25. The zero-order valence-corrected chi connectivity index (χ0v) is 12.9. The van der Waals surface area contributed by atoms with Gasteiger partial charge in [-0.3, -0.25) is 9.89 Å². The summed E-state index contributed by atoms with van der Waals surface area (Å²) < 4.78 is 7.80. The van der Waals surface area contributed by atoms with Crippen molar-refractivity contribution in [3.63, 3.8) is 0 Å². The van der Waals surface area contributed by atoms with Crippen LogP contribution in [0.2, 0.25) is 0 Å². The molecule has 0 radical (unpaired) electrons. The van der Waals surface area contributed by atoms with Gasteiger partial charge in [0.2, 0.25) is 0 Å². The van der Waals surface area contributed by atoms with Crippen molar-refractivity contribution in [1.82, 2.24) is 25.1 Å². The maximum atomic E-state index is 12.4. The molecule has 7 nitrogen and oxygen atoms in total. The Morgan fingerprint density at radius 3 is 3.09 bits per heavy atom. The Morgan fingerprint density at radius 2 is 2.41 bits per heavy atom. The molecule has 118 valence electrons. The van der Waals surface area contributed by atoms with Crippen molar-refractivity contribution in [2.75, 3.05) is 13.2 Å². The van der Waals surface area contributed by atoms with E-state index in [1.807, 2.05) is 19.9 Å². The van der Waals surface area contributed by atoms with E-state index >= 15 is 0 Å². The fourth-order valence-electron chi connectivity index (χ4n) is 3.07. The number of nitrogens with one attached hydrogen (secondary N) is 2. The number of carbonyl (C=O) groups excluding carboxylic acids is 1. The minimum absolute atomic E-state index is 0.0903. The van der Waals surface area contributed by atoms with Crippen LogP contribution in [0.25, 0.3) is 0 Å². The first-order chi connectivity index (χ1) is 10.7. The van der Waals surface area contributed by atoms with E-state index < -0.39 is 0 Å². The molecular weight excluding hydrogens is 282 g/mol. The van der Waals surface area contributed by atoms with Gasteiger partial charge in [-0.25, -0.2) is 4.98 Å². The van der Waals surface area contributed by atoms with Gasteiger partial charge in [0.15, 0.2) is 0 Å². The second-order valence-corrected chi connectivity index (χ2v) is 5.64. The Labute approximate surface area is 129 Å². The number of aryl methyl sites for hydroxylation is 1. The van der Waals surface area contributed by atoms with Gasteiger partial charge in [-0.1, -0.05) is 0 Å². The summed E-state index contributed by atoms with van der Waals surface area (Å²) in [6.45, 7) is 5.92. The van der Waals surface area contributed by atoms with Gasteiger partial charge >= 0.3 is 0 Å². The summed E-state index contributed by atoms with van der Waals surface area (Å²) in [7, 11) is 0. The molecule has 22 heavy (non-hydrogen) atoms. The van der Waals surface area contributed by atoms with Gasteiger partial charge in [0, 0.05) is 18.0 Å². The topological polar surface area (TPSA) is 84.8 Å². The normalized spacial score (nSPS) is 18.4. The highest BCUT2D eigenvalue weighted by atomic mass is 16.5. The van der Waals surface area contributed by atoms with E-state index in [-0.39, 0.29) is 5.91 Å². The van der Waals surface area contributed by atoms with E-state index in [2.05, 4.69) is 25.1 Å². The summed E-state index contributed by atoms with van der Waals surface area (Å²) in [4.78, 5) is 16.4. The molecule has 1 amide bonds. The second kappa shape index (κ2) is 6.31. The molecule has 0 bridgehead atoms. The molecule has 0 spiro atoms. The van der Waals surface area contributed by atoms with Gasteiger partial charge in [0.25, 0.3) is 5.91 Å². The number of nitrogens with zero attached hydrogens (tertiary/aromatic N) is 3. The molecule has 1 aliphatic heterocycles. The lowest BCUT2D eigenvalue weighted by molar-refractivity contribution is 0.0579.